The van der Waals surface area contributed by atoms with Crippen molar-refractivity contribution in [1.29, 1.82) is 0 Å². The van der Waals surface area contributed by atoms with Gasteiger partial charge >= 0.3 is 6.03 Å². The number of amides is 4. The van der Waals surface area contributed by atoms with Crippen LogP contribution in [-0.4, -0.2) is 54.3 Å². The lowest BCUT2D eigenvalue weighted by Gasteiger charge is -2.15. The third kappa shape index (κ3) is 4.79. The maximum atomic E-state index is 11.9. The van der Waals surface area contributed by atoms with Crippen molar-refractivity contribution in [3.05, 3.63) is 35.4 Å². The van der Waals surface area contributed by atoms with Gasteiger partial charge in [-0.15, -0.1) is 0 Å². The smallest absolute Gasteiger partial charge is 0.325 e. The molecule has 1 aliphatic rings. The molecule has 23 heavy (non-hydrogen) atoms. The van der Waals surface area contributed by atoms with Crippen molar-refractivity contribution >= 4 is 17.8 Å². The summed E-state index contributed by atoms with van der Waals surface area (Å²) in [7, 11) is 2.05. The Balaban J connectivity index is 1.85. The lowest BCUT2D eigenvalue weighted by atomic mass is 10.1. The normalized spacial score (nSPS) is 14.3. The first-order chi connectivity index (χ1) is 11.0. The summed E-state index contributed by atoms with van der Waals surface area (Å²) in [5.41, 5.74) is 2.16. The van der Waals surface area contributed by atoms with Gasteiger partial charge in [-0.2, -0.15) is 0 Å². The molecule has 0 bridgehead atoms. The minimum absolute atomic E-state index is 0.0426. The van der Waals surface area contributed by atoms with E-state index in [0.717, 1.165) is 23.6 Å². The molecule has 2 N–H and O–H groups in total. The Labute approximate surface area is 135 Å². The van der Waals surface area contributed by atoms with Crippen molar-refractivity contribution in [3.63, 3.8) is 0 Å². The van der Waals surface area contributed by atoms with E-state index in [9.17, 15) is 14.4 Å². The second-order valence-electron chi connectivity index (χ2n) is 5.57. The Kier molecular flexibility index (Phi) is 5.70. The zero-order valence-corrected chi connectivity index (χ0v) is 13.5. The number of carbonyl (C=O) groups excluding carboxylic acids is 3. The fraction of sp³-hybridized carbons (Fsp3) is 0.438. The van der Waals surface area contributed by atoms with E-state index in [0.29, 0.717) is 6.54 Å². The van der Waals surface area contributed by atoms with E-state index < -0.39 is 6.03 Å². The fourth-order valence-corrected chi connectivity index (χ4v) is 2.28. The van der Waals surface area contributed by atoms with Gasteiger partial charge in [-0.05, 0) is 24.7 Å². The summed E-state index contributed by atoms with van der Waals surface area (Å²) in [5.74, 6) is -0.735. The minimum atomic E-state index is -0.519. The number of carbonyl (C=O) groups is 3. The summed E-state index contributed by atoms with van der Waals surface area (Å²) < 4.78 is 0. The topological polar surface area (TPSA) is 81.8 Å². The van der Waals surface area contributed by atoms with Gasteiger partial charge in [-0.1, -0.05) is 31.2 Å². The average Bonchev–Trinajstić information content (AvgIpc) is 2.85. The van der Waals surface area contributed by atoms with Gasteiger partial charge in [0.2, 0.25) is 5.91 Å². The molecule has 1 aliphatic heterocycles. The van der Waals surface area contributed by atoms with Gasteiger partial charge in [0.15, 0.2) is 0 Å². The van der Waals surface area contributed by atoms with Gasteiger partial charge in [0.1, 0.15) is 6.54 Å². The molecule has 4 amide bonds. The third-order valence-electron chi connectivity index (χ3n) is 3.71. The quantitative estimate of drug-likeness (QED) is 0.709. The molecule has 7 heteroatoms. The molecule has 1 aromatic carbocycles. The third-order valence-corrected chi connectivity index (χ3v) is 3.71. The van der Waals surface area contributed by atoms with Crippen LogP contribution in [0.25, 0.3) is 0 Å². The molecule has 0 radical (unpaired) electrons. The molecule has 0 spiro atoms. The van der Waals surface area contributed by atoms with Gasteiger partial charge in [0.25, 0.3) is 5.91 Å². The maximum absolute atomic E-state index is 11.9. The molecule has 1 heterocycles. The molecule has 1 aromatic rings. The Morgan fingerprint density at radius 2 is 2.09 bits per heavy atom. The largest absolute Gasteiger partial charge is 0.350 e. The number of hydrogen-bond donors (Lipinski definition) is 2. The van der Waals surface area contributed by atoms with E-state index in [-0.39, 0.29) is 24.9 Å². The van der Waals surface area contributed by atoms with Gasteiger partial charge < -0.3 is 15.5 Å². The van der Waals surface area contributed by atoms with Crippen LogP contribution in [0.4, 0.5) is 4.79 Å². The molecule has 0 aromatic heterocycles. The van der Waals surface area contributed by atoms with Gasteiger partial charge in [-0.25, -0.2) is 4.79 Å². The molecule has 124 valence electrons. The highest BCUT2D eigenvalue weighted by Gasteiger charge is 2.29. The molecule has 2 rings (SSSR count). The zero-order valence-electron chi connectivity index (χ0n) is 13.5. The maximum Gasteiger partial charge on any atom is 0.325 e. The first-order valence-corrected chi connectivity index (χ1v) is 7.61. The van der Waals surface area contributed by atoms with Crippen molar-refractivity contribution in [2.24, 2.45) is 0 Å². The van der Waals surface area contributed by atoms with Crippen LogP contribution in [0.1, 0.15) is 18.1 Å². The van der Waals surface area contributed by atoms with Crippen molar-refractivity contribution in [2.75, 3.05) is 26.7 Å². The van der Waals surface area contributed by atoms with Crippen LogP contribution < -0.4 is 10.6 Å². The first-order valence-electron chi connectivity index (χ1n) is 7.61. The molecule has 0 unspecified atom stereocenters. The van der Waals surface area contributed by atoms with E-state index in [2.05, 4.69) is 22.5 Å². The second-order valence-corrected chi connectivity index (χ2v) is 5.57. The van der Waals surface area contributed by atoms with Crippen LogP contribution in [0.3, 0.4) is 0 Å². The standard InChI is InChI=1S/C16H22N4O3/c1-3-19(2)10-13-6-4-5-12(7-13)8-17-14(21)11-20-15(22)9-18-16(20)23/h4-7H,3,8-11H2,1-2H3,(H,17,21)(H,18,23). The van der Waals surface area contributed by atoms with Crippen LogP contribution in [-0.2, 0) is 22.7 Å². The summed E-state index contributed by atoms with van der Waals surface area (Å²) in [5, 5.41) is 5.12. The molecule has 0 aliphatic carbocycles. The number of benzene rings is 1. The van der Waals surface area contributed by atoms with Crippen molar-refractivity contribution in [3.8, 4) is 0 Å². The van der Waals surface area contributed by atoms with Gasteiger partial charge in [0, 0.05) is 13.1 Å². The van der Waals surface area contributed by atoms with Crippen molar-refractivity contribution in [1.82, 2.24) is 20.4 Å². The minimum Gasteiger partial charge on any atom is -0.350 e. The second kappa shape index (κ2) is 7.73. The van der Waals surface area contributed by atoms with Crippen LogP contribution in [0, 0.1) is 0 Å². The average molecular weight is 318 g/mol. The molecule has 0 saturated carbocycles. The number of imide groups is 1. The Bertz CT molecular complexity index is 587. The number of urea groups is 1. The number of nitrogens with zero attached hydrogens (tertiary/aromatic N) is 2. The monoisotopic (exact) mass is 318 g/mol. The Hall–Kier alpha value is -2.41. The summed E-state index contributed by atoms with van der Waals surface area (Å²) in [6.07, 6.45) is 0. The predicted octanol–water partition coefficient (Wildman–Crippen LogP) is 0.306. The first kappa shape index (κ1) is 17.0. The molecule has 0 atom stereocenters. The van der Waals surface area contributed by atoms with Crippen LogP contribution >= 0.6 is 0 Å². The van der Waals surface area contributed by atoms with E-state index in [1.54, 1.807) is 0 Å². The van der Waals surface area contributed by atoms with Crippen LogP contribution in [0.15, 0.2) is 24.3 Å². The van der Waals surface area contributed by atoms with Crippen molar-refractivity contribution in [2.45, 2.75) is 20.0 Å². The molecule has 1 fully saturated rings. The van der Waals surface area contributed by atoms with E-state index in [1.807, 2.05) is 31.3 Å². The molecular formula is C16H22N4O3. The highest BCUT2D eigenvalue weighted by Crippen LogP contribution is 2.07. The fourth-order valence-electron chi connectivity index (χ4n) is 2.28. The number of hydrogen-bond acceptors (Lipinski definition) is 4. The Morgan fingerprint density at radius 3 is 2.74 bits per heavy atom. The summed E-state index contributed by atoms with van der Waals surface area (Å²) in [4.78, 5) is 37.8. The number of rotatable bonds is 7. The van der Waals surface area contributed by atoms with Gasteiger partial charge in [-0.3, -0.25) is 14.5 Å². The lowest BCUT2D eigenvalue weighted by Crippen LogP contribution is -2.40. The zero-order chi connectivity index (χ0) is 16.8. The molecular weight excluding hydrogens is 296 g/mol. The van der Waals surface area contributed by atoms with Gasteiger partial charge in [0.05, 0.1) is 6.54 Å². The summed E-state index contributed by atoms with van der Waals surface area (Å²) in [6, 6.07) is 7.46. The Morgan fingerprint density at radius 1 is 1.35 bits per heavy atom. The summed E-state index contributed by atoms with van der Waals surface area (Å²) >= 11 is 0. The van der Waals surface area contributed by atoms with Crippen LogP contribution in [0.2, 0.25) is 0 Å². The highest BCUT2D eigenvalue weighted by atomic mass is 16.2. The van der Waals surface area contributed by atoms with E-state index >= 15 is 0 Å². The predicted molar refractivity (Wildman–Crippen MR) is 85.4 cm³/mol. The molecule has 1 saturated heterocycles. The lowest BCUT2D eigenvalue weighted by molar-refractivity contribution is -0.130. The summed E-state index contributed by atoms with van der Waals surface area (Å²) in [6.45, 7) is 3.99. The molecule has 7 nitrogen and oxygen atoms in total. The highest BCUT2D eigenvalue weighted by molar-refractivity contribution is 6.04. The number of nitrogens with one attached hydrogen (secondary N) is 2. The van der Waals surface area contributed by atoms with E-state index in [4.69, 9.17) is 0 Å². The van der Waals surface area contributed by atoms with Crippen LogP contribution in [0.5, 0.6) is 0 Å². The SMILES string of the molecule is CCN(C)Cc1cccc(CNC(=O)CN2C(=O)CNC2=O)c1. The van der Waals surface area contributed by atoms with Crippen molar-refractivity contribution < 1.29 is 14.4 Å². The van der Waals surface area contributed by atoms with E-state index in [1.165, 1.54) is 5.56 Å².